The van der Waals surface area contributed by atoms with E-state index in [2.05, 4.69) is 82.3 Å². The molecule has 0 fully saturated rings. The van der Waals surface area contributed by atoms with Gasteiger partial charge in [0.05, 0.1) is 0 Å². The number of nitrogens with zero attached hydrogens (tertiary/aromatic N) is 2. The summed E-state index contributed by atoms with van der Waals surface area (Å²) in [5.41, 5.74) is 0. The summed E-state index contributed by atoms with van der Waals surface area (Å²) in [4.78, 5) is 4.63. The summed E-state index contributed by atoms with van der Waals surface area (Å²) >= 11 is 8.01. The Morgan fingerprint density at radius 1 is 0.750 bits per heavy atom. The monoisotopic (exact) mass is 428 g/mol. The molecular weight excluding hydrogens is 406 g/mol. The first-order valence-electron chi connectivity index (χ1n) is 8.99. The van der Waals surface area contributed by atoms with Crippen LogP contribution in [0.15, 0.2) is 103 Å². The van der Waals surface area contributed by atoms with Gasteiger partial charge in [0.1, 0.15) is 0 Å². The Kier molecular flexibility index (Phi) is 5.95. The molecule has 4 aromatic rings. The number of imidazole rings is 1. The van der Waals surface area contributed by atoms with Crippen LogP contribution in [0.1, 0.15) is 5.82 Å². The molecule has 2 nitrogen and oxygen atoms in total. The van der Waals surface area contributed by atoms with Gasteiger partial charge in [-0.2, -0.15) is 0 Å². The molecule has 0 bridgehead atoms. The number of benzene rings is 3. The maximum absolute atomic E-state index is 8.01. The van der Waals surface area contributed by atoms with Crippen molar-refractivity contribution in [3.05, 3.63) is 109 Å². The van der Waals surface area contributed by atoms with Crippen molar-refractivity contribution in [1.29, 1.82) is 0 Å². The second-order valence-corrected chi connectivity index (χ2v) is 13.3. The maximum atomic E-state index is 8.01. The summed E-state index contributed by atoms with van der Waals surface area (Å²) in [5, 5.41) is 3.47. The molecule has 0 aliphatic rings. The molecule has 0 N–H and O–H groups in total. The Labute approximate surface area is 177 Å². The number of aryl methyl sites for hydroxylation is 1. The summed E-state index contributed by atoms with van der Waals surface area (Å²) in [7, 11) is 2.03. The normalized spacial score (nSPS) is 12.6. The molecule has 0 unspecified atom stereocenters. The Bertz CT molecular complexity index is 935. The number of hydrogen-bond acceptors (Lipinski definition) is 1. The van der Waals surface area contributed by atoms with Crippen LogP contribution in [0.4, 0.5) is 0 Å². The van der Waals surface area contributed by atoms with Gasteiger partial charge in [0, 0.05) is 0 Å². The van der Waals surface area contributed by atoms with Crippen LogP contribution in [-0.4, -0.2) is 9.55 Å². The van der Waals surface area contributed by atoms with Gasteiger partial charge >= 0.3 is 165 Å². The molecule has 1 aromatic heterocycles. The second-order valence-electron chi connectivity index (χ2n) is 6.80. The van der Waals surface area contributed by atoms with E-state index in [-0.39, 0.29) is 12.4 Å². The van der Waals surface area contributed by atoms with Crippen molar-refractivity contribution in [2.24, 2.45) is 7.05 Å². The average molecular weight is 429 g/mol. The van der Waals surface area contributed by atoms with Gasteiger partial charge in [-0.05, 0) is 0 Å². The van der Waals surface area contributed by atoms with Gasteiger partial charge in [0.15, 0.2) is 0 Å². The minimum atomic E-state index is -3.29. The molecule has 28 heavy (non-hydrogen) atoms. The molecule has 0 aliphatic carbocycles. The number of rotatable bonds is 5. The molecule has 0 saturated carbocycles. The van der Waals surface area contributed by atoms with Crippen molar-refractivity contribution in [3.63, 3.8) is 0 Å². The van der Waals surface area contributed by atoms with Crippen LogP contribution < -0.4 is 15.9 Å². The van der Waals surface area contributed by atoms with Crippen LogP contribution in [0.5, 0.6) is 0 Å². The van der Waals surface area contributed by atoms with Crippen molar-refractivity contribution in [3.8, 4) is 0 Å². The van der Waals surface area contributed by atoms with E-state index in [1.807, 2.05) is 37.6 Å². The molecule has 0 aliphatic heterocycles. The van der Waals surface area contributed by atoms with Crippen molar-refractivity contribution >= 4 is 45.5 Å². The molecule has 0 spiro atoms. The van der Waals surface area contributed by atoms with Crippen molar-refractivity contribution < 1.29 is 0 Å². The van der Waals surface area contributed by atoms with E-state index in [1.54, 1.807) is 0 Å². The topological polar surface area (TPSA) is 17.8 Å². The molecule has 5 heteroatoms. The fraction of sp³-hybridized carbons (Fsp3) is 0.0870. The fourth-order valence-electron chi connectivity index (χ4n) is 3.75. The molecule has 0 amide bonds. The summed E-state index contributed by atoms with van der Waals surface area (Å²) < 4.78 is 2.07. The van der Waals surface area contributed by atoms with Gasteiger partial charge in [-0.3, -0.25) is 0 Å². The Balaban J connectivity index is 0.00000225. The third-order valence-corrected chi connectivity index (χ3v) is 12.4. The first-order chi connectivity index (χ1) is 13.1. The van der Waals surface area contributed by atoms with Crippen LogP contribution in [0.3, 0.4) is 0 Å². The van der Waals surface area contributed by atoms with Gasteiger partial charge < -0.3 is 0 Å². The van der Waals surface area contributed by atoms with Crippen molar-refractivity contribution in [2.75, 3.05) is 0 Å². The Morgan fingerprint density at radius 3 is 1.46 bits per heavy atom. The predicted octanol–water partition coefficient (Wildman–Crippen LogP) is 5.03. The summed E-state index contributed by atoms with van der Waals surface area (Å²) in [6.07, 6.45) is 4.48. The van der Waals surface area contributed by atoms with E-state index in [1.165, 1.54) is 0 Å². The number of hydrogen-bond donors (Lipinski definition) is 0. The fourth-order valence-corrected chi connectivity index (χ4v) is 9.75. The molecule has 4 rings (SSSR count). The Morgan fingerprint density at radius 2 is 1.14 bits per heavy atom. The standard InChI is InChI=1S/C23H22ClN2P.ClH/c1-26-18-17-25-23(26)19-27(24,20-11-5-2-6-12-20,21-13-7-3-8-14-21)22-15-9-4-10-16-22;/h2-18H,19H2,1H3;1H. The van der Waals surface area contributed by atoms with Gasteiger partial charge in [-0.25, -0.2) is 0 Å². The minimum absolute atomic E-state index is 0. The van der Waals surface area contributed by atoms with E-state index in [4.69, 9.17) is 11.2 Å². The van der Waals surface area contributed by atoms with E-state index in [0.29, 0.717) is 6.16 Å². The zero-order valence-electron chi connectivity index (χ0n) is 15.6. The van der Waals surface area contributed by atoms with E-state index in [0.717, 1.165) is 21.7 Å². The van der Waals surface area contributed by atoms with Crippen molar-refractivity contribution in [1.82, 2.24) is 9.55 Å². The van der Waals surface area contributed by atoms with Gasteiger partial charge in [0.25, 0.3) is 0 Å². The van der Waals surface area contributed by atoms with E-state index < -0.39 is 5.96 Å². The zero-order chi connectivity index (χ0) is 18.8. The van der Waals surface area contributed by atoms with Crippen LogP contribution in [0, 0.1) is 0 Å². The molecule has 3 aromatic carbocycles. The Hall–Kier alpha value is -2.12. The quantitative estimate of drug-likeness (QED) is 0.407. The van der Waals surface area contributed by atoms with Gasteiger partial charge in [0.2, 0.25) is 0 Å². The van der Waals surface area contributed by atoms with Gasteiger partial charge in [-0.1, -0.05) is 0 Å². The summed E-state index contributed by atoms with van der Waals surface area (Å²) in [6.45, 7) is 0. The molecule has 0 atom stereocenters. The van der Waals surface area contributed by atoms with E-state index >= 15 is 0 Å². The molecule has 144 valence electrons. The first kappa shape index (κ1) is 20.6. The van der Waals surface area contributed by atoms with Crippen LogP contribution in [0.25, 0.3) is 0 Å². The third kappa shape index (κ3) is 3.26. The first-order valence-corrected chi connectivity index (χ1v) is 12.3. The van der Waals surface area contributed by atoms with Crippen LogP contribution >= 0.6 is 29.6 Å². The molecule has 0 saturated heterocycles. The molecule has 1 heterocycles. The SMILES string of the molecule is Cl.Cn1ccnc1CP(Cl)(c1ccccc1)(c1ccccc1)c1ccccc1. The average Bonchev–Trinajstić information content (AvgIpc) is 3.14. The van der Waals surface area contributed by atoms with E-state index in [9.17, 15) is 0 Å². The zero-order valence-corrected chi connectivity index (χ0v) is 18.1. The third-order valence-electron chi connectivity index (χ3n) is 5.24. The molecule has 0 radical (unpaired) electrons. The number of halogens is 2. The van der Waals surface area contributed by atoms with Crippen LogP contribution in [-0.2, 0) is 13.2 Å². The summed E-state index contributed by atoms with van der Waals surface area (Å²) in [6, 6.07) is 31.5. The molecular formula is C23H23Cl2N2P. The second kappa shape index (κ2) is 8.09. The predicted molar refractivity (Wildman–Crippen MR) is 125 cm³/mol. The number of aromatic nitrogens is 2. The summed E-state index contributed by atoms with van der Waals surface area (Å²) in [5.74, 6) is -2.30. The van der Waals surface area contributed by atoms with Gasteiger partial charge in [-0.15, -0.1) is 12.4 Å². The van der Waals surface area contributed by atoms with Crippen LogP contribution in [0.2, 0.25) is 0 Å². The van der Waals surface area contributed by atoms with Crippen molar-refractivity contribution in [2.45, 2.75) is 6.16 Å².